The summed E-state index contributed by atoms with van der Waals surface area (Å²) in [6, 6.07) is 4.61. The van der Waals surface area contributed by atoms with E-state index >= 15 is 0 Å². The molecule has 1 aliphatic rings. The van der Waals surface area contributed by atoms with E-state index in [0.29, 0.717) is 18.7 Å². The Balaban J connectivity index is 0.00000180. The van der Waals surface area contributed by atoms with Crippen LogP contribution < -0.4 is 5.73 Å². The van der Waals surface area contributed by atoms with Gasteiger partial charge in [-0.2, -0.15) is 0 Å². The number of carbonyl (C=O) groups is 1. The number of amides is 1. The van der Waals surface area contributed by atoms with Crippen molar-refractivity contribution in [2.24, 2.45) is 5.73 Å². The van der Waals surface area contributed by atoms with Gasteiger partial charge in [0, 0.05) is 25.2 Å². The molecule has 1 atom stereocenters. The number of likely N-dealkylation sites (tertiary alicyclic amines) is 1. The van der Waals surface area contributed by atoms with Crippen molar-refractivity contribution in [3.63, 3.8) is 0 Å². The van der Waals surface area contributed by atoms with Gasteiger partial charge in [-0.3, -0.25) is 14.9 Å². The highest BCUT2D eigenvalue weighted by atomic mass is 35.5. The zero-order chi connectivity index (χ0) is 13.3. The van der Waals surface area contributed by atoms with Crippen LogP contribution in [0.25, 0.3) is 0 Å². The third-order valence-corrected chi connectivity index (χ3v) is 3.17. The summed E-state index contributed by atoms with van der Waals surface area (Å²) in [7, 11) is 0. The zero-order valence-corrected chi connectivity index (χ0v) is 11.4. The fraction of sp³-hybridized carbons (Fsp3) is 0.417. The Morgan fingerprint density at radius 1 is 1.53 bits per heavy atom. The van der Waals surface area contributed by atoms with Crippen LogP contribution in [0.2, 0.25) is 0 Å². The molecule has 19 heavy (non-hydrogen) atoms. The standard InChI is InChI=1S/C12H15N3O3.ClH/c1-8-3-2-4-10(15(17)18)11(8)12(16)14-6-5-9(13)7-14;/h2-4,9H,5-7,13H2,1H3;1H/t9-;/m1./s1. The van der Waals surface area contributed by atoms with Gasteiger partial charge in [0.2, 0.25) is 0 Å². The molecule has 2 N–H and O–H groups in total. The molecule has 1 saturated heterocycles. The van der Waals surface area contributed by atoms with Crippen molar-refractivity contribution in [3.8, 4) is 0 Å². The normalized spacial score (nSPS) is 18.0. The molecule has 1 fully saturated rings. The fourth-order valence-electron chi connectivity index (χ4n) is 2.21. The molecule has 1 amide bonds. The quantitative estimate of drug-likeness (QED) is 0.658. The molecule has 1 aromatic rings. The van der Waals surface area contributed by atoms with Crippen LogP contribution in [0, 0.1) is 17.0 Å². The smallest absolute Gasteiger partial charge is 0.282 e. The molecule has 0 aliphatic carbocycles. The maximum atomic E-state index is 12.3. The molecule has 0 saturated carbocycles. The van der Waals surface area contributed by atoms with Crippen molar-refractivity contribution >= 4 is 24.0 Å². The predicted octanol–water partition coefficient (Wildman–Crippen LogP) is 1.50. The summed E-state index contributed by atoms with van der Waals surface area (Å²) in [4.78, 5) is 24.3. The molecule has 2 rings (SSSR count). The Kier molecular flexibility index (Phi) is 4.85. The molecule has 104 valence electrons. The topological polar surface area (TPSA) is 89.5 Å². The number of nitrogens with zero attached hydrogens (tertiary/aromatic N) is 2. The van der Waals surface area contributed by atoms with Gasteiger partial charge >= 0.3 is 0 Å². The molecule has 0 radical (unpaired) electrons. The van der Waals surface area contributed by atoms with Crippen molar-refractivity contribution in [3.05, 3.63) is 39.4 Å². The first-order chi connectivity index (χ1) is 8.50. The molecule has 0 aromatic heterocycles. The largest absolute Gasteiger partial charge is 0.337 e. The van der Waals surface area contributed by atoms with E-state index in [1.165, 1.54) is 6.07 Å². The maximum Gasteiger partial charge on any atom is 0.282 e. The van der Waals surface area contributed by atoms with E-state index in [2.05, 4.69) is 0 Å². The highest BCUT2D eigenvalue weighted by Gasteiger charge is 2.30. The van der Waals surface area contributed by atoms with Gasteiger partial charge in [-0.25, -0.2) is 0 Å². The minimum atomic E-state index is -0.518. The van der Waals surface area contributed by atoms with Crippen LogP contribution in [0.1, 0.15) is 22.3 Å². The highest BCUT2D eigenvalue weighted by molar-refractivity contribution is 5.99. The Hall–Kier alpha value is -1.66. The van der Waals surface area contributed by atoms with Gasteiger partial charge in [-0.05, 0) is 18.9 Å². The molecule has 6 nitrogen and oxygen atoms in total. The lowest BCUT2D eigenvalue weighted by Gasteiger charge is -2.17. The van der Waals surface area contributed by atoms with Crippen LogP contribution in [0.3, 0.4) is 0 Å². The Morgan fingerprint density at radius 2 is 2.21 bits per heavy atom. The van der Waals surface area contributed by atoms with Crippen LogP contribution >= 0.6 is 12.4 Å². The first-order valence-corrected chi connectivity index (χ1v) is 5.79. The second-order valence-corrected chi connectivity index (χ2v) is 4.53. The van der Waals surface area contributed by atoms with Crippen molar-refractivity contribution in [2.45, 2.75) is 19.4 Å². The summed E-state index contributed by atoms with van der Waals surface area (Å²) >= 11 is 0. The van der Waals surface area contributed by atoms with Crippen molar-refractivity contribution < 1.29 is 9.72 Å². The second-order valence-electron chi connectivity index (χ2n) is 4.53. The number of nitro groups is 1. The van der Waals surface area contributed by atoms with Crippen LogP contribution in [0.4, 0.5) is 5.69 Å². The summed E-state index contributed by atoms with van der Waals surface area (Å²) in [5.74, 6) is -0.298. The summed E-state index contributed by atoms with van der Waals surface area (Å²) < 4.78 is 0. The number of hydrogen-bond donors (Lipinski definition) is 1. The summed E-state index contributed by atoms with van der Waals surface area (Å²) in [5, 5.41) is 11.0. The third-order valence-electron chi connectivity index (χ3n) is 3.17. The average Bonchev–Trinajstić information content (AvgIpc) is 2.74. The highest BCUT2D eigenvalue weighted by Crippen LogP contribution is 2.24. The van der Waals surface area contributed by atoms with Gasteiger partial charge in [0.05, 0.1) is 4.92 Å². The lowest BCUT2D eigenvalue weighted by atomic mass is 10.1. The van der Waals surface area contributed by atoms with Gasteiger partial charge in [-0.15, -0.1) is 12.4 Å². The summed E-state index contributed by atoms with van der Waals surface area (Å²) in [5.41, 5.74) is 6.41. The minimum absolute atomic E-state index is 0. The SMILES string of the molecule is Cc1cccc([N+](=O)[O-])c1C(=O)N1CC[C@@H](N)C1.Cl. The molecule has 1 heterocycles. The molecule has 1 aliphatic heterocycles. The summed E-state index contributed by atoms with van der Waals surface area (Å²) in [6.07, 6.45) is 0.741. The Morgan fingerprint density at radius 3 is 2.74 bits per heavy atom. The molecule has 0 spiro atoms. The lowest BCUT2D eigenvalue weighted by Crippen LogP contribution is -2.32. The van der Waals surface area contributed by atoms with E-state index in [-0.39, 0.29) is 35.6 Å². The van der Waals surface area contributed by atoms with E-state index < -0.39 is 4.92 Å². The molecular weight excluding hydrogens is 270 g/mol. The van der Waals surface area contributed by atoms with Crippen molar-refractivity contribution in [1.29, 1.82) is 0 Å². The van der Waals surface area contributed by atoms with Gasteiger partial charge in [0.25, 0.3) is 11.6 Å². The van der Waals surface area contributed by atoms with Gasteiger partial charge in [0.1, 0.15) is 5.56 Å². The molecular formula is C12H16ClN3O3. The number of aryl methyl sites for hydroxylation is 1. The maximum absolute atomic E-state index is 12.3. The number of carbonyl (C=O) groups excluding carboxylic acids is 1. The predicted molar refractivity (Wildman–Crippen MR) is 73.6 cm³/mol. The monoisotopic (exact) mass is 285 g/mol. The van der Waals surface area contributed by atoms with E-state index in [4.69, 9.17) is 5.73 Å². The zero-order valence-electron chi connectivity index (χ0n) is 10.5. The third kappa shape index (κ3) is 3.02. The lowest BCUT2D eigenvalue weighted by molar-refractivity contribution is -0.385. The van der Waals surface area contributed by atoms with E-state index in [9.17, 15) is 14.9 Å². The molecule has 0 bridgehead atoms. The summed E-state index contributed by atoms with van der Waals surface area (Å²) in [6.45, 7) is 2.73. The van der Waals surface area contributed by atoms with Crippen molar-refractivity contribution in [1.82, 2.24) is 4.90 Å². The number of nitro benzene ring substituents is 1. The number of benzene rings is 1. The van der Waals surface area contributed by atoms with Gasteiger partial charge < -0.3 is 10.6 Å². The first-order valence-electron chi connectivity index (χ1n) is 5.79. The van der Waals surface area contributed by atoms with Gasteiger partial charge in [-0.1, -0.05) is 12.1 Å². The van der Waals surface area contributed by atoms with Crippen LogP contribution in [0.15, 0.2) is 18.2 Å². The van der Waals surface area contributed by atoms with Crippen LogP contribution in [-0.4, -0.2) is 34.9 Å². The second kappa shape index (κ2) is 5.99. The molecule has 1 aromatic carbocycles. The molecule has 0 unspecified atom stereocenters. The van der Waals surface area contributed by atoms with Crippen LogP contribution in [-0.2, 0) is 0 Å². The van der Waals surface area contributed by atoms with Gasteiger partial charge in [0.15, 0.2) is 0 Å². The fourth-order valence-corrected chi connectivity index (χ4v) is 2.21. The van der Waals surface area contributed by atoms with Crippen molar-refractivity contribution in [2.75, 3.05) is 13.1 Å². The Labute approximate surface area is 117 Å². The molecule has 7 heteroatoms. The van der Waals surface area contributed by atoms with E-state index in [1.807, 2.05) is 0 Å². The Bertz CT molecular complexity index is 507. The minimum Gasteiger partial charge on any atom is -0.337 e. The number of hydrogen-bond acceptors (Lipinski definition) is 4. The van der Waals surface area contributed by atoms with E-state index in [0.717, 1.165) is 6.42 Å². The number of nitrogens with two attached hydrogens (primary N) is 1. The number of halogens is 1. The van der Waals surface area contributed by atoms with E-state index in [1.54, 1.807) is 24.0 Å². The first kappa shape index (κ1) is 15.4. The number of rotatable bonds is 2. The average molecular weight is 286 g/mol. The van der Waals surface area contributed by atoms with Crippen LogP contribution in [0.5, 0.6) is 0 Å².